The molecule has 0 saturated heterocycles. The van der Waals surface area contributed by atoms with Gasteiger partial charge in [0, 0.05) is 18.1 Å². The predicted octanol–water partition coefficient (Wildman–Crippen LogP) is 1.74. The van der Waals surface area contributed by atoms with Crippen LogP contribution in [0.25, 0.3) is 22.4 Å². The number of para-hydroxylation sites is 1. The van der Waals surface area contributed by atoms with Crippen LogP contribution in [-0.2, 0) is 0 Å². The summed E-state index contributed by atoms with van der Waals surface area (Å²) in [5.41, 5.74) is 1.40. The molecule has 0 amide bonds. The van der Waals surface area contributed by atoms with Crippen LogP contribution in [0.4, 0.5) is 0 Å². The summed E-state index contributed by atoms with van der Waals surface area (Å²) < 4.78 is 3.20. The number of nitrogens with zero attached hydrogens (tertiary/aromatic N) is 5. The first-order valence-corrected chi connectivity index (χ1v) is 6.53. The Hall–Kier alpha value is -3.02. The van der Waals surface area contributed by atoms with Crippen molar-refractivity contribution in [3.63, 3.8) is 0 Å². The molecule has 21 heavy (non-hydrogen) atoms. The normalized spacial score (nSPS) is 11.3. The van der Waals surface area contributed by atoms with Crippen molar-refractivity contribution >= 4 is 16.7 Å². The summed E-state index contributed by atoms with van der Waals surface area (Å²) in [5, 5.41) is 4.79. The highest BCUT2D eigenvalue weighted by Gasteiger charge is 2.10. The van der Waals surface area contributed by atoms with E-state index >= 15 is 0 Å². The lowest BCUT2D eigenvalue weighted by Crippen LogP contribution is -2.18. The van der Waals surface area contributed by atoms with E-state index in [1.807, 2.05) is 36.4 Å². The summed E-state index contributed by atoms with van der Waals surface area (Å²) in [6.07, 6.45) is 3.30. The van der Waals surface area contributed by atoms with Crippen molar-refractivity contribution in [3.05, 3.63) is 65.0 Å². The van der Waals surface area contributed by atoms with Crippen LogP contribution >= 0.6 is 0 Å². The summed E-state index contributed by atoms with van der Waals surface area (Å²) in [6.45, 7) is 1.80. The summed E-state index contributed by atoms with van der Waals surface area (Å²) >= 11 is 0. The highest BCUT2D eigenvalue weighted by Crippen LogP contribution is 2.12. The maximum atomic E-state index is 12.6. The summed E-state index contributed by atoms with van der Waals surface area (Å²) in [7, 11) is 0. The van der Waals surface area contributed by atoms with Crippen molar-refractivity contribution in [3.8, 4) is 5.69 Å². The lowest BCUT2D eigenvalue weighted by atomic mass is 10.2. The van der Waals surface area contributed by atoms with Crippen molar-refractivity contribution in [2.24, 2.45) is 0 Å². The van der Waals surface area contributed by atoms with Gasteiger partial charge in [-0.2, -0.15) is 9.50 Å². The third-order valence-corrected chi connectivity index (χ3v) is 3.37. The molecule has 0 N–H and O–H groups in total. The lowest BCUT2D eigenvalue weighted by Gasteiger charge is -2.07. The van der Waals surface area contributed by atoms with Crippen molar-refractivity contribution < 1.29 is 0 Å². The lowest BCUT2D eigenvalue weighted by molar-refractivity contribution is 0.939. The molecule has 0 atom stereocenters. The molecule has 0 aliphatic rings. The first-order valence-electron chi connectivity index (χ1n) is 6.53. The second-order valence-corrected chi connectivity index (χ2v) is 4.75. The van der Waals surface area contributed by atoms with Crippen LogP contribution < -0.4 is 5.56 Å². The zero-order chi connectivity index (χ0) is 14.4. The fraction of sp³-hybridized carbons (Fsp3) is 0.0667. The molecule has 4 rings (SSSR count). The van der Waals surface area contributed by atoms with E-state index in [0.29, 0.717) is 22.5 Å². The summed E-state index contributed by atoms with van der Waals surface area (Å²) in [6, 6.07) is 11.3. The molecule has 0 unspecified atom stereocenters. The molecule has 0 aliphatic heterocycles. The molecule has 0 spiro atoms. The second-order valence-electron chi connectivity index (χ2n) is 4.75. The summed E-state index contributed by atoms with van der Waals surface area (Å²) in [5.74, 6) is 1.12. The van der Waals surface area contributed by atoms with Gasteiger partial charge in [0.1, 0.15) is 5.82 Å². The number of hydrogen-bond acceptors (Lipinski definition) is 4. The van der Waals surface area contributed by atoms with Crippen LogP contribution in [0.5, 0.6) is 0 Å². The smallest absolute Gasteiger partial charge is 0.266 e. The predicted molar refractivity (Wildman–Crippen MR) is 78.6 cm³/mol. The van der Waals surface area contributed by atoms with Crippen LogP contribution in [0.1, 0.15) is 5.82 Å². The van der Waals surface area contributed by atoms with Gasteiger partial charge in [-0.05, 0) is 25.1 Å². The van der Waals surface area contributed by atoms with Gasteiger partial charge in [0.05, 0.1) is 10.9 Å². The van der Waals surface area contributed by atoms with E-state index in [4.69, 9.17) is 0 Å². The van der Waals surface area contributed by atoms with Crippen molar-refractivity contribution in [1.82, 2.24) is 24.1 Å². The molecule has 0 fully saturated rings. The highest BCUT2D eigenvalue weighted by atomic mass is 16.1. The monoisotopic (exact) mass is 277 g/mol. The maximum Gasteiger partial charge on any atom is 0.266 e. The third-order valence-electron chi connectivity index (χ3n) is 3.37. The molecule has 0 radical (unpaired) electrons. The van der Waals surface area contributed by atoms with Gasteiger partial charge in [0.2, 0.25) is 0 Å². The number of fused-ring (bicyclic) bond motifs is 3. The van der Waals surface area contributed by atoms with Gasteiger partial charge < -0.3 is 0 Å². The molecule has 3 aromatic heterocycles. The van der Waals surface area contributed by atoms with Crippen molar-refractivity contribution in [2.75, 3.05) is 0 Å². The molecule has 3 heterocycles. The zero-order valence-electron chi connectivity index (χ0n) is 11.3. The zero-order valence-corrected chi connectivity index (χ0v) is 11.3. The molecule has 0 saturated carbocycles. The maximum absolute atomic E-state index is 12.6. The van der Waals surface area contributed by atoms with Gasteiger partial charge >= 0.3 is 0 Å². The van der Waals surface area contributed by atoms with E-state index in [9.17, 15) is 4.79 Å². The van der Waals surface area contributed by atoms with Crippen molar-refractivity contribution in [1.29, 1.82) is 0 Å². The van der Waals surface area contributed by atoms with Gasteiger partial charge in [-0.15, -0.1) is 5.10 Å². The molecule has 4 aromatic rings. The first kappa shape index (κ1) is 11.8. The van der Waals surface area contributed by atoms with Crippen LogP contribution in [0.15, 0.2) is 53.6 Å². The molecule has 0 aliphatic carbocycles. The standard InChI is InChI=1S/C15H11N5O/c1-10-17-15-16-9-12-13(20(15)18-10)7-8-19(14(12)21)11-5-3-2-4-6-11/h2-9H,1H3. The van der Waals surface area contributed by atoms with E-state index in [0.717, 1.165) is 5.69 Å². The van der Waals surface area contributed by atoms with Crippen LogP contribution in [0.2, 0.25) is 0 Å². The van der Waals surface area contributed by atoms with Gasteiger partial charge in [0.15, 0.2) is 0 Å². The van der Waals surface area contributed by atoms with E-state index in [-0.39, 0.29) is 5.56 Å². The molecule has 0 bridgehead atoms. The third kappa shape index (κ3) is 1.73. The Morgan fingerprint density at radius 2 is 1.90 bits per heavy atom. The molecular formula is C15H11N5O. The minimum atomic E-state index is -0.124. The number of rotatable bonds is 1. The minimum Gasteiger partial charge on any atom is -0.284 e. The number of aryl methyl sites for hydroxylation is 1. The topological polar surface area (TPSA) is 65.1 Å². The fourth-order valence-electron chi connectivity index (χ4n) is 2.41. The molecule has 6 nitrogen and oxygen atoms in total. The van der Waals surface area contributed by atoms with Crippen LogP contribution in [-0.4, -0.2) is 24.1 Å². The van der Waals surface area contributed by atoms with Gasteiger partial charge in [0.25, 0.3) is 11.3 Å². The Morgan fingerprint density at radius 1 is 1.10 bits per heavy atom. The quantitative estimate of drug-likeness (QED) is 0.531. The minimum absolute atomic E-state index is 0.124. The number of hydrogen-bond donors (Lipinski definition) is 0. The Balaban J connectivity index is 2.08. The SMILES string of the molecule is Cc1nc2ncc3c(=O)n(-c4ccccc4)ccc3n2n1. The van der Waals surface area contributed by atoms with E-state index in [1.54, 1.807) is 28.4 Å². The first-order chi connectivity index (χ1) is 10.2. The Kier molecular flexibility index (Phi) is 2.38. The van der Waals surface area contributed by atoms with Gasteiger partial charge in [-0.25, -0.2) is 4.98 Å². The van der Waals surface area contributed by atoms with Crippen molar-refractivity contribution in [2.45, 2.75) is 6.92 Å². The van der Waals surface area contributed by atoms with Gasteiger partial charge in [-0.3, -0.25) is 9.36 Å². The van der Waals surface area contributed by atoms with Crippen LogP contribution in [0, 0.1) is 6.92 Å². The van der Waals surface area contributed by atoms with E-state index in [2.05, 4.69) is 15.1 Å². The highest BCUT2D eigenvalue weighted by molar-refractivity contribution is 5.78. The molecule has 1 aromatic carbocycles. The van der Waals surface area contributed by atoms with E-state index in [1.165, 1.54) is 0 Å². The number of benzene rings is 1. The number of pyridine rings is 1. The summed E-state index contributed by atoms with van der Waals surface area (Å²) in [4.78, 5) is 21.0. The van der Waals surface area contributed by atoms with Crippen LogP contribution in [0.3, 0.4) is 0 Å². The average Bonchev–Trinajstić information content (AvgIpc) is 2.89. The van der Waals surface area contributed by atoms with E-state index < -0.39 is 0 Å². The molecular weight excluding hydrogens is 266 g/mol. The molecule has 6 heteroatoms. The second kappa shape index (κ2) is 4.24. The Labute approximate surface area is 119 Å². The fourth-order valence-corrected chi connectivity index (χ4v) is 2.41. The Morgan fingerprint density at radius 3 is 2.71 bits per heavy atom. The number of aromatic nitrogens is 5. The Bertz CT molecular complexity index is 1020. The van der Waals surface area contributed by atoms with Gasteiger partial charge in [-0.1, -0.05) is 18.2 Å². The largest absolute Gasteiger partial charge is 0.284 e. The average molecular weight is 277 g/mol. The molecule has 102 valence electrons.